The maximum atomic E-state index is 15.2. The van der Waals surface area contributed by atoms with Crippen LogP contribution in [0.1, 0.15) is 48.8 Å². The number of benzene rings is 3. The number of phenolic OH excluding ortho intramolecular Hbond substituents is 1. The number of nitrogens with one attached hydrogen (secondary N) is 1. The van der Waals surface area contributed by atoms with Gasteiger partial charge in [0.1, 0.15) is 0 Å². The SMILES string of the molecule is CCCN1C(=O)[C@H]2[C@H](CC=C3[C@H]2C[C@H]2C(=O)N(Nc4ccc(C)cc4)C(=O)[C@@]2(c2ccccc2)[C@H]3c2cc(Cl)c(O)c(OC)c2)C1=O. The second-order valence-electron chi connectivity index (χ2n) is 13.0. The van der Waals surface area contributed by atoms with E-state index in [1.807, 2.05) is 74.5 Å². The number of amides is 4. The summed E-state index contributed by atoms with van der Waals surface area (Å²) in [5.74, 6) is -4.69. The van der Waals surface area contributed by atoms with Crippen molar-refractivity contribution in [2.75, 3.05) is 19.1 Å². The Balaban J connectivity index is 1.47. The summed E-state index contributed by atoms with van der Waals surface area (Å²) in [4.78, 5) is 58.7. The molecule has 2 aliphatic heterocycles. The Hall–Kier alpha value is -4.63. The highest BCUT2D eigenvalue weighted by molar-refractivity contribution is 6.32. The number of allylic oxidation sites excluding steroid dienone is 2. The van der Waals surface area contributed by atoms with Crippen molar-refractivity contribution in [3.8, 4) is 11.5 Å². The summed E-state index contributed by atoms with van der Waals surface area (Å²) in [7, 11) is 1.42. The third-order valence-electron chi connectivity index (χ3n) is 10.5. The van der Waals surface area contributed by atoms with Crippen molar-refractivity contribution in [2.45, 2.75) is 44.4 Å². The number of hydrazine groups is 1. The number of imide groups is 2. The zero-order chi connectivity index (χ0) is 33.2. The number of carbonyl (C=O) groups excluding carboxylic acids is 4. The third-order valence-corrected chi connectivity index (χ3v) is 10.8. The molecule has 2 N–H and O–H groups in total. The Morgan fingerprint density at radius 2 is 1.70 bits per heavy atom. The van der Waals surface area contributed by atoms with E-state index in [1.165, 1.54) is 12.0 Å². The van der Waals surface area contributed by atoms with Crippen LogP contribution in [0.25, 0.3) is 0 Å². The molecule has 0 unspecified atom stereocenters. The van der Waals surface area contributed by atoms with Crippen LogP contribution >= 0.6 is 11.6 Å². The number of likely N-dealkylation sites (tertiary alicyclic amines) is 1. The Labute approximate surface area is 278 Å². The normalized spacial score (nSPS) is 28.2. The lowest BCUT2D eigenvalue weighted by Crippen LogP contribution is -2.53. The van der Waals surface area contributed by atoms with Crippen LogP contribution in [0.4, 0.5) is 5.69 Å². The van der Waals surface area contributed by atoms with E-state index in [-0.39, 0.29) is 34.8 Å². The van der Waals surface area contributed by atoms with E-state index in [1.54, 1.807) is 12.1 Å². The predicted octanol–water partition coefficient (Wildman–Crippen LogP) is 5.76. The minimum Gasteiger partial charge on any atom is -0.503 e. The Morgan fingerprint density at radius 1 is 0.979 bits per heavy atom. The second kappa shape index (κ2) is 11.6. The number of hydrogen-bond donors (Lipinski definition) is 2. The lowest BCUT2D eigenvalue weighted by Gasteiger charge is -2.50. The number of carbonyl (C=O) groups is 4. The van der Waals surface area contributed by atoms with E-state index >= 15 is 4.79 Å². The summed E-state index contributed by atoms with van der Waals surface area (Å²) in [6.45, 7) is 4.22. The Kier molecular flexibility index (Phi) is 7.62. The molecule has 3 aromatic carbocycles. The average molecular weight is 654 g/mol. The van der Waals surface area contributed by atoms with Crippen molar-refractivity contribution in [3.05, 3.63) is 100 Å². The van der Waals surface area contributed by atoms with Gasteiger partial charge in [-0.25, -0.2) is 0 Å². The quantitative estimate of drug-likeness (QED) is 0.246. The largest absolute Gasteiger partial charge is 0.503 e. The first kappa shape index (κ1) is 31.0. The summed E-state index contributed by atoms with van der Waals surface area (Å²) < 4.78 is 5.51. The van der Waals surface area contributed by atoms with E-state index < -0.39 is 46.8 Å². The van der Waals surface area contributed by atoms with Gasteiger partial charge in [-0.3, -0.25) is 29.5 Å². The van der Waals surface area contributed by atoms with Gasteiger partial charge in [0.05, 0.1) is 41.0 Å². The number of aromatic hydroxyl groups is 1. The maximum Gasteiger partial charge on any atom is 0.260 e. The summed E-state index contributed by atoms with van der Waals surface area (Å²) >= 11 is 6.60. The zero-order valence-corrected chi connectivity index (χ0v) is 27.2. The number of phenols is 1. The molecule has 3 fully saturated rings. The predicted molar refractivity (Wildman–Crippen MR) is 175 cm³/mol. The number of rotatable bonds is 7. The molecule has 9 nitrogen and oxygen atoms in total. The number of anilines is 1. The lowest BCUT2D eigenvalue weighted by atomic mass is 9.49. The standard InChI is InChI=1S/C37H36ClN3O6/c1-4-16-40-33(43)25-15-14-24-26(30(25)35(40)45)19-27-34(44)41(39-23-12-10-20(2)11-13-23)36(46)37(27,22-8-6-5-7-9-22)31(24)21-17-28(38)32(42)29(18-21)47-3/h5-14,17-18,25-27,30-31,39,42H,4,15-16,19H2,1-3H3/t25-,26+,27-,30-,31-,37+/m0/s1. The van der Waals surface area contributed by atoms with Gasteiger partial charge in [0.2, 0.25) is 11.8 Å². The Morgan fingerprint density at radius 3 is 2.38 bits per heavy atom. The van der Waals surface area contributed by atoms with Crippen LogP contribution in [-0.4, -0.2) is 52.3 Å². The van der Waals surface area contributed by atoms with Crippen molar-refractivity contribution in [1.29, 1.82) is 0 Å². The van der Waals surface area contributed by atoms with Crippen LogP contribution in [0.3, 0.4) is 0 Å². The molecule has 0 spiro atoms. The second-order valence-corrected chi connectivity index (χ2v) is 13.4. The molecular formula is C37H36ClN3O6. The van der Waals surface area contributed by atoms with E-state index in [0.717, 1.165) is 16.1 Å². The monoisotopic (exact) mass is 653 g/mol. The molecule has 3 aromatic rings. The van der Waals surface area contributed by atoms with E-state index in [0.29, 0.717) is 36.2 Å². The number of methoxy groups -OCH3 is 1. The number of nitrogens with zero attached hydrogens (tertiary/aromatic N) is 2. The topological polar surface area (TPSA) is 116 Å². The molecule has 0 radical (unpaired) electrons. The minimum absolute atomic E-state index is 0.0307. The van der Waals surface area contributed by atoms with Crippen molar-refractivity contribution < 1.29 is 29.0 Å². The van der Waals surface area contributed by atoms with E-state index in [2.05, 4.69) is 5.43 Å². The van der Waals surface area contributed by atoms with E-state index in [9.17, 15) is 19.5 Å². The van der Waals surface area contributed by atoms with E-state index in [4.69, 9.17) is 16.3 Å². The summed E-state index contributed by atoms with van der Waals surface area (Å²) in [6, 6.07) is 19.9. The fraction of sp³-hybridized carbons (Fsp3) is 0.351. The van der Waals surface area contributed by atoms with Gasteiger partial charge < -0.3 is 9.84 Å². The first-order valence-electron chi connectivity index (χ1n) is 16.0. The fourth-order valence-electron chi connectivity index (χ4n) is 8.55. The highest BCUT2D eigenvalue weighted by Gasteiger charge is 2.70. The molecule has 2 saturated heterocycles. The first-order chi connectivity index (χ1) is 22.6. The number of halogens is 1. The average Bonchev–Trinajstić information content (AvgIpc) is 3.44. The molecular weight excluding hydrogens is 618 g/mol. The van der Waals surface area contributed by atoms with Crippen LogP contribution in [-0.2, 0) is 24.6 Å². The first-order valence-corrected chi connectivity index (χ1v) is 16.4. The van der Waals surface area contributed by atoms with Crippen LogP contribution in [0.2, 0.25) is 5.02 Å². The van der Waals surface area contributed by atoms with Crippen LogP contribution < -0.4 is 10.2 Å². The highest BCUT2D eigenvalue weighted by Crippen LogP contribution is 2.64. The summed E-state index contributed by atoms with van der Waals surface area (Å²) in [5.41, 5.74) is 5.28. The van der Waals surface area contributed by atoms with Gasteiger partial charge in [-0.1, -0.05) is 78.2 Å². The number of fused-ring (bicyclic) bond motifs is 4. The number of aryl methyl sites for hydroxylation is 1. The minimum atomic E-state index is -1.44. The molecule has 7 rings (SSSR count). The molecule has 4 amide bonds. The fourth-order valence-corrected chi connectivity index (χ4v) is 8.77. The molecule has 47 heavy (non-hydrogen) atoms. The smallest absolute Gasteiger partial charge is 0.260 e. The molecule has 242 valence electrons. The molecule has 0 bridgehead atoms. The van der Waals surface area contributed by atoms with Crippen LogP contribution in [0.15, 0.2) is 78.4 Å². The van der Waals surface area contributed by atoms with Gasteiger partial charge in [0.25, 0.3) is 11.8 Å². The van der Waals surface area contributed by atoms with Crippen molar-refractivity contribution in [2.24, 2.45) is 23.7 Å². The van der Waals surface area contributed by atoms with Gasteiger partial charge in [-0.15, -0.1) is 0 Å². The van der Waals surface area contributed by atoms with Crippen molar-refractivity contribution in [3.63, 3.8) is 0 Å². The van der Waals surface area contributed by atoms with Crippen LogP contribution in [0, 0.1) is 30.6 Å². The zero-order valence-electron chi connectivity index (χ0n) is 26.4. The highest BCUT2D eigenvalue weighted by atomic mass is 35.5. The van der Waals surface area contributed by atoms with Gasteiger partial charge in [0.15, 0.2) is 11.5 Å². The maximum absolute atomic E-state index is 15.2. The van der Waals surface area contributed by atoms with Gasteiger partial charge >= 0.3 is 0 Å². The number of hydrogen-bond acceptors (Lipinski definition) is 7. The van der Waals surface area contributed by atoms with Crippen molar-refractivity contribution in [1.82, 2.24) is 9.91 Å². The molecule has 10 heteroatoms. The molecule has 2 aliphatic carbocycles. The van der Waals surface area contributed by atoms with Gasteiger partial charge in [0, 0.05) is 12.5 Å². The lowest BCUT2D eigenvalue weighted by molar-refractivity contribution is -0.141. The third kappa shape index (κ3) is 4.50. The Bertz CT molecular complexity index is 1830. The molecule has 2 heterocycles. The molecule has 1 saturated carbocycles. The summed E-state index contributed by atoms with van der Waals surface area (Å²) in [6.07, 6.45) is 3.18. The van der Waals surface area contributed by atoms with Crippen LogP contribution in [0.5, 0.6) is 11.5 Å². The van der Waals surface area contributed by atoms with Crippen molar-refractivity contribution >= 4 is 40.9 Å². The summed E-state index contributed by atoms with van der Waals surface area (Å²) in [5, 5.41) is 11.9. The molecule has 4 aliphatic rings. The van der Waals surface area contributed by atoms with Gasteiger partial charge in [-0.2, -0.15) is 5.01 Å². The number of ether oxygens (including phenoxy) is 1. The molecule has 0 aromatic heterocycles. The molecule has 6 atom stereocenters. The van der Waals surface area contributed by atoms with Gasteiger partial charge in [-0.05, 0) is 67.5 Å².